The highest BCUT2D eigenvalue weighted by atomic mass is 19.1. The number of urea groups is 1. The fourth-order valence-electron chi connectivity index (χ4n) is 3.12. The zero-order valence-electron chi connectivity index (χ0n) is 13.1. The van der Waals surface area contributed by atoms with Gasteiger partial charge in [-0.25, -0.2) is 9.18 Å². The number of amides is 2. The molecule has 1 aromatic carbocycles. The summed E-state index contributed by atoms with van der Waals surface area (Å²) >= 11 is 0. The first-order chi connectivity index (χ1) is 10.6. The SMILES string of the molecule is CN(c1ccc(NC(=O)NC2CC2)cc1F)C1CCCCC1. The van der Waals surface area contributed by atoms with Gasteiger partial charge in [0.1, 0.15) is 5.82 Å². The van der Waals surface area contributed by atoms with Crippen LogP contribution in [0.25, 0.3) is 0 Å². The molecular formula is C17H24FN3O. The number of carbonyl (C=O) groups is 1. The van der Waals surface area contributed by atoms with Gasteiger partial charge in [0, 0.05) is 24.8 Å². The molecule has 5 heteroatoms. The van der Waals surface area contributed by atoms with Crippen LogP contribution in [0.2, 0.25) is 0 Å². The summed E-state index contributed by atoms with van der Waals surface area (Å²) in [5.41, 5.74) is 1.11. The molecule has 0 bridgehead atoms. The normalized spacial score (nSPS) is 18.8. The molecule has 120 valence electrons. The van der Waals surface area contributed by atoms with Crippen molar-refractivity contribution in [2.24, 2.45) is 0 Å². The molecule has 2 saturated carbocycles. The second-order valence-corrected chi connectivity index (χ2v) is 6.44. The summed E-state index contributed by atoms with van der Waals surface area (Å²) < 4.78 is 14.4. The zero-order chi connectivity index (χ0) is 15.5. The number of anilines is 2. The van der Waals surface area contributed by atoms with Crippen LogP contribution in [0.3, 0.4) is 0 Å². The molecule has 2 aliphatic rings. The van der Waals surface area contributed by atoms with E-state index in [2.05, 4.69) is 10.6 Å². The van der Waals surface area contributed by atoms with Crippen LogP contribution < -0.4 is 15.5 Å². The lowest BCUT2D eigenvalue weighted by Crippen LogP contribution is -2.34. The van der Waals surface area contributed by atoms with E-state index in [0.29, 0.717) is 23.5 Å². The Morgan fingerprint density at radius 1 is 1.18 bits per heavy atom. The summed E-state index contributed by atoms with van der Waals surface area (Å²) in [5.74, 6) is -0.280. The molecule has 22 heavy (non-hydrogen) atoms. The molecule has 2 N–H and O–H groups in total. The van der Waals surface area contributed by atoms with Crippen molar-refractivity contribution in [2.45, 2.75) is 57.0 Å². The highest BCUT2D eigenvalue weighted by Gasteiger charge is 2.24. The number of benzene rings is 1. The first kappa shape index (κ1) is 15.1. The number of rotatable bonds is 4. The van der Waals surface area contributed by atoms with E-state index in [1.165, 1.54) is 25.3 Å². The van der Waals surface area contributed by atoms with Crippen molar-refractivity contribution in [3.63, 3.8) is 0 Å². The second kappa shape index (κ2) is 6.55. The predicted molar refractivity (Wildman–Crippen MR) is 86.9 cm³/mol. The van der Waals surface area contributed by atoms with Gasteiger partial charge in [0.05, 0.1) is 5.69 Å². The van der Waals surface area contributed by atoms with Gasteiger partial charge in [0.25, 0.3) is 0 Å². The number of hydrogen-bond acceptors (Lipinski definition) is 2. The molecule has 4 nitrogen and oxygen atoms in total. The molecule has 3 rings (SSSR count). The lowest BCUT2D eigenvalue weighted by atomic mass is 9.94. The molecule has 2 aliphatic carbocycles. The summed E-state index contributed by atoms with van der Waals surface area (Å²) in [6.07, 6.45) is 8.04. The van der Waals surface area contributed by atoms with Gasteiger partial charge in [-0.3, -0.25) is 0 Å². The average molecular weight is 305 g/mol. The molecular weight excluding hydrogens is 281 g/mol. The summed E-state index contributed by atoms with van der Waals surface area (Å²) in [4.78, 5) is 13.7. The first-order valence-corrected chi connectivity index (χ1v) is 8.23. The van der Waals surface area contributed by atoms with Crippen molar-refractivity contribution in [2.75, 3.05) is 17.3 Å². The number of halogens is 1. The van der Waals surface area contributed by atoms with Crippen molar-refractivity contribution < 1.29 is 9.18 Å². The van der Waals surface area contributed by atoms with Crippen LogP contribution in [0.1, 0.15) is 44.9 Å². The summed E-state index contributed by atoms with van der Waals surface area (Å²) in [7, 11) is 1.96. The largest absolute Gasteiger partial charge is 0.369 e. The summed E-state index contributed by atoms with van der Waals surface area (Å²) in [6.45, 7) is 0. The van der Waals surface area contributed by atoms with E-state index in [1.54, 1.807) is 12.1 Å². The molecule has 0 aromatic heterocycles. The quantitative estimate of drug-likeness (QED) is 0.886. The second-order valence-electron chi connectivity index (χ2n) is 6.44. The van der Waals surface area contributed by atoms with Gasteiger partial charge < -0.3 is 15.5 Å². The van der Waals surface area contributed by atoms with Gasteiger partial charge in [0.15, 0.2) is 0 Å². The van der Waals surface area contributed by atoms with E-state index in [9.17, 15) is 9.18 Å². The van der Waals surface area contributed by atoms with E-state index < -0.39 is 0 Å². The molecule has 1 aromatic rings. The van der Waals surface area contributed by atoms with Gasteiger partial charge in [-0.1, -0.05) is 19.3 Å². The highest BCUT2D eigenvalue weighted by molar-refractivity contribution is 5.89. The minimum Gasteiger partial charge on any atom is -0.369 e. The Morgan fingerprint density at radius 2 is 1.91 bits per heavy atom. The van der Waals surface area contributed by atoms with Crippen LogP contribution in [0.15, 0.2) is 18.2 Å². The van der Waals surface area contributed by atoms with Crippen molar-refractivity contribution in [1.29, 1.82) is 0 Å². The van der Waals surface area contributed by atoms with Crippen LogP contribution in [0, 0.1) is 5.82 Å². The van der Waals surface area contributed by atoms with Crippen molar-refractivity contribution in [1.82, 2.24) is 5.32 Å². The molecule has 0 unspecified atom stereocenters. The van der Waals surface area contributed by atoms with E-state index >= 15 is 0 Å². The standard InChI is InChI=1S/C17H24FN3O/c1-21(14-5-3-2-4-6-14)16-10-9-13(11-15(16)18)20-17(22)19-12-7-8-12/h9-12,14H,2-8H2,1H3,(H2,19,20,22). The third-order valence-corrected chi connectivity index (χ3v) is 4.62. The summed E-state index contributed by atoms with van der Waals surface area (Å²) in [6, 6.07) is 5.39. The predicted octanol–water partition coefficient (Wildman–Crippen LogP) is 3.88. The highest BCUT2D eigenvalue weighted by Crippen LogP contribution is 2.29. The Labute approximate surface area is 131 Å². The number of hydrogen-bond donors (Lipinski definition) is 2. The minimum atomic E-state index is -0.280. The Kier molecular flexibility index (Phi) is 4.50. The number of nitrogens with zero attached hydrogens (tertiary/aromatic N) is 1. The van der Waals surface area contributed by atoms with Crippen LogP contribution in [-0.4, -0.2) is 25.2 Å². The van der Waals surface area contributed by atoms with E-state index in [4.69, 9.17) is 0 Å². The third-order valence-electron chi connectivity index (χ3n) is 4.62. The molecule has 0 saturated heterocycles. The number of nitrogens with one attached hydrogen (secondary N) is 2. The van der Waals surface area contributed by atoms with E-state index in [1.807, 2.05) is 11.9 Å². The van der Waals surface area contributed by atoms with Crippen molar-refractivity contribution in [3.8, 4) is 0 Å². The van der Waals surface area contributed by atoms with Crippen LogP contribution >= 0.6 is 0 Å². The zero-order valence-corrected chi connectivity index (χ0v) is 13.1. The topological polar surface area (TPSA) is 44.4 Å². The Hall–Kier alpha value is -1.78. The molecule has 0 spiro atoms. The molecule has 2 amide bonds. The minimum absolute atomic E-state index is 0.254. The Morgan fingerprint density at radius 3 is 2.55 bits per heavy atom. The molecule has 0 atom stereocenters. The maximum absolute atomic E-state index is 14.4. The fraction of sp³-hybridized carbons (Fsp3) is 0.588. The van der Waals surface area contributed by atoms with Crippen LogP contribution in [-0.2, 0) is 0 Å². The Balaban J connectivity index is 1.64. The van der Waals surface area contributed by atoms with Gasteiger partial charge in [-0.05, 0) is 43.9 Å². The van der Waals surface area contributed by atoms with Gasteiger partial charge >= 0.3 is 6.03 Å². The average Bonchev–Trinajstić information content (AvgIpc) is 3.31. The van der Waals surface area contributed by atoms with Gasteiger partial charge in [-0.15, -0.1) is 0 Å². The molecule has 0 heterocycles. The monoisotopic (exact) mass is 305 g/mol. The van der Waals surface area contributed by atoms with Crippen LogP contribution in [0.4, 0.5) is 20.6 Å². The maximum atomic E-state index is 14.4. The van der Waals surface area contributed by atoms with Crippen molar-refractivity contribution in [3.05, 3.63) is 24.0 Å². The van der Waals surface area contributed by atoms with E-state index in [0.717, 1.165) is 25.7 Å². The lowest BCUT2D eigenvalue weighted by Gasteiger charge is -2.33. The smallest absolute Gasteiger partial charge is 0.319 e. The van der Waals surface area contributed by atoms with Crippen LogP contribution in [0.5, 0.6) is 0 Å². The van der Waals surface area contributed by atoms with Gasteiger partial charge in [0.2, 0.25) is 0 Å². The molecule has 2 fully saturated rings. The number of carbonyl (C=O) groups excluding carboxylic acids is 1. The lowest BCUT2D eigenvalue weighted by molar-refractivity contribution is 0.251. The molecule has 0 radical (unpaired) electrons. The Bertz CT molecular complexity index is 539. The summed E-state index contributed by atoms with van der Waals surface area (Å²) in [5, 5.41) is 5.52. The van der Waals surface area contributed by atoms with E-state index in [-0.39, 0.29) is 11.8 Å². The fourth-order valence-corrected chi connectivity index (χ4v) is 3.12. The molecule has 0 aliphatic heterocycles. The van der Waals surface area contributed by atoms with Crippen molar-refractivity contribution >= 4 is 17.4 Å². The third kappa shape index (κ3) is 3.70. The first-order valence-electron chi connectivity index (χ1n) is 8.23. The maximum Gasteiger partial charge on any atom is 0.319 e. The van der Waals surface area contributed by atoms with Gasteiger partial charge in [-0.2, -0.15) is 0 Å².